The van der Waals surface area contributed by atoms with Crippen molar-refractivity contribution >= 4 is 0 Å². The van der Waals surface area contributed by atoms with Crippen molar-refractivity contribution in [3.8, 4) is 0 Å². The molecule has 0 radical (unpaired) electrons. The quantitative estimate of drug-likeness (QED) is 0.890. The standard InChI is InChI=1S/C15H24N2O/c1-16-9-14-15(18-10-17-14)13-7-6-11-4-2-3-5-12(11)8-13/h10-13,16H,2-9H2,1H3. The Kier molecular flexibility index (Phi) is 3.69. The molecule has 3 atom stereocenters. The maximum atomic E-state index is 5.69. The highest BCUT2D eigenvalue weighted by Crippen LogP contribution is 2.46. The number of rotatable bonds is 3. The van der Waals surface area contributed by atoms with E-state index in [0.717, 1.165) is 29.8 Å². The van der Waals surface area contributed by atoms with Crippen LogP contribution in [0.3, 0.4) is 0 Å². The fraction of sp³-hybridized carbons (Fsp3) is 0.800. The molecule has 0 spiro atoms. The van der Waals surface area contributed by atoms with Crippen LogP contribution in [0, 0.1) is 11.8 Å². The Hall–Kier alpha value is -0.830. The first kappa shape index (κ1) is 12.2. The van der Waals surface area contributed by atoms with Crippen LogP contribution in [0.4, 0.5) is 0 Å². The molecule has 3 unspecified atom stereocenters. The van der Waals surface area contributed by atoms with Crippen LogP contribution in [-0.4, -0.2) is 12.0 Å². The molecule has 2 aliphatic rings. The zero-order valence-corrected chi connectivity index (χ0v) is 11.3. The van der Waals surface area contributed by atoms with Gasteiger partial charge in [0.2, 0.25) is 0 Å². The van der Waals surface area contributed by atoms with Gasteiger partial charge in [-0.1, -0.05) is 25.7 Å². The smallest absolute Gasteiger partial charge is 0.181 e. The summed E-state index contributed by atoms with van der Waals surface area (Å²) in [6.07, 6.45) is 11.5. The van der Waals surface area contributed by atoms with Crippen LogP contribution in [0.2, 0.25) is 0 Å². The molecule has 1 N–H and O–H groups in total. The maximum absolute atomic E-state index is 5.69. The van der Waals surface area contributed by atoms with Crippen molar-refractivity contribution in [2.75, 3.05) is 7.05 Å². The van der Waals surface area contributed by atoms with Gasteiger partial charge < -0.3 is 9.73 Å². The first-order valence-corrected chi connectivity index (χ1v) is 7.45. The van der Waals surface area contributed by atoms with E-state index in [1.807, 2.05) is 7.05 Å². The third-order valence-corrected chi connectivity index (χ3v) is 4.93. The monoisotopic (exact) mass is 248 g/mol. The van der Waals surface area contributed by atoms with E-state index in [-0.39, 0.29) is 0 Å². The molecule has 3 nitrogen and oxygen atoms in total. The predicted octanol–water partition coefficient (Wildman–Crippen LogP) is 3.47. The van der Waals surface area contributed by atoms with Gasteiger partial charge in [0, 0.05) is 12.5 Å². The van der Waals surface area contributed by atoms with Crippen LogP contribution >= 0.6 is 0 Å². The lowest BCUT2D eigenvalue weighted by Gasteiger charge is -2.38. The van der Waals surface area contributed by atoms with Crippen LogP contribution in [-0.2, 0) is 6.54 Å². The second-order valence-electron chi connectivity index (χ2n) is 6.01. The summed E-state index contributed by atoms with van der Waals surface area (Å²) in [6.45, 7) is 0.830. The van der Waals surface area contributed by atoms with Gasteiger partial charge in [0.05, 0.1) is 5.69 Å². The van der Waals surface area contributed by atoms with Crippen LogP contribution in [0.1, 0.15) is 62.3 Å². The summed E-state index contributed by atoms with van der Waals surface area (Å²) < 4.78 is 5.69. The van der Waals surface area contributed by atoms with Gasteiger partial charge in [-0.2, -0.15) is 0 Å². The van der Waals surface area contributed by atoms with Gasteiger partial charge in [0.15, 0.2) is 6.39 Å². The van der Waals surface area contributed by atoms with Crippen molar-refractivity contribution in [2.45, 2.75) is 57.4 Å². The molecule has 0 aromatic carbocycles. The van der Waals surface area contributed by atoms with Crippen molar-refractivity contribution in [1.29, 1.82) is 0 Å². The summed E-state index contributed by atoms with van der Waals surface area (Å²) >= 11 is 0. The lowest BCUT2D eigenvalue weighted by molar-refractivity contribution is 0.147. The molecule has 0 saturated heterocycles. The molecule has 1 heterocycles. The SMILES string of the molecule is CNCc1ncoc1C1CCC2CCCCC2C1. The van der Waals surface area contributed by atoms with Crippen molar-refractivity contribution in [3.63, 3.8) is 0 Å². The summed E-state index contributed by atoms with van der Waals surface area (Å²) in [7, 11) is 1.97. The third kappa shape index (κ3) is 2.33. The minimum atomic E-state index is 0.621. The summed E-state index contributed by atoms with van der Waals surface area (Å²) in [5.41, 5.74) is 1.12. The normalized spacial score (nSPS) is 32.2. The number of hydrogen-bond donors (Lipinski definition) is 1. The highest BCUT2D eigenvalue weighted by molar-refractivity contribution is 5.14. The molecule has 1 aromatic rings. The molecule has 2 fully saturated rings. The first-order chi connectivity index (χ1) is 8.88. The van der Waals surface area contributed by atoms with Crippen LogP contribution in [0.5, 0.6) is 0 Å². The van der Waals surface area contributed by atoms with Gasteiger partial charge in [0.25, 0.3) is 0 Å². The van der Waals surface area contributed by atoms with Crippen molar-refractivity contribution in [1.82, 2.24) is 10.3 Å². The molecule has 18 heavy (non-hydrogen) atoms. The van der Waals surface area contributed by atoms with E-state index in [9.17, 15) is 0 Å². The van der Waals surface area contributed by atoms with Gasteiger partial charge in [-0.25, -0.2) is 4.98 Å². The Morgan fingerprint density at radius 1 is 1.22 bits per heavy atom. The number of aromatic nitrogens is 1. The van der Waals surface area contributed by atoms with Crippen molar-refractivity contribution < 1.29 is 4.42 Å². The number of oxazole rings is 1. The van der Waals surface area contributed by atoms with E-state index < -0.39 is 0 Å². The van der Waals surface area contributed by atoms with E-state index in [0.29, 0.717) is 5.92 Å². The average molecular weight is 248 g/mol. The Labute approximate surface area is 109 Å². The van der Waals surface area contributed by atoms with E-state index in [4.69, 9.17) is 4.42 Å². The second-order valence-corrected chi connectivity index (χ2v) is 6.01. The molecule has 2 aliphatic carbocycles. The highest BCUT2D eigenvalue weighted by Gasteiger charge is 2.34. The minimum absolute atomic E-state index is 0.621. The van der Waals surface area contributed by atoms with Crippen LogP contribution in [0.25, 0.3) is 0 Å². The molecule has 0 aliphatic heterocycles. The van der Waals surface area contributed by atoms with Gasteiger partial charge >= 0.3 is 0 Å². The number of hydrogen-bond acceptors (Lipinski definition) is 3. The second kappa shape index (κ2) is 5.43. The van der Waals surface area contributed by atoms with Crippen LogP contribution in [0.15, 0.2) is 10.8 Å². The molecule has 2 saturated carbocycles. The highest BCUT2D eigenvalue weighted by atomic mass is 16.3. The molecular weight excluding hydrogens is 224 g/mol. The Morgan fingerprint density at radius 3 is 2.89 bits per heavy atom. The van der Waals surface area contributed by atoms with Gasteiger partial charge in [-0.15, -0.1) is 0 Å². The van der Waals surface area contributed by atoms with Gasteiger partial charge in [-0.05, 0) is 38.1 Å². The topological polar surface area (TPSA) is 38.1 Å². The average Bonchev–Trinajstić information content (AvgIpc) is 2.87. The summed E-state index contributed by atoms with van der Waals surface area (Å²) in [4.78, 5) is 4.36. The lowest BCUT2D eigenvalue weighted by Crippen LogP contribution is -2.27. The number of nitrogens with one attached hydrogen (secondary N) is 1. The van der Waals surface area contributed by atoms with E-state index in [2.05, 4.69) is 10.3 Å². The van der Waals surface area contributed by atoms with E-state index >= 15 is 0 Å². The molecule has 0 amide bonds. The molecule has 3 heteroatoms. The molecular formula is C15H24N2O. The maximum Gasteiger partial charge on any atom is 0.181 e. The van der Waals surface area contributed by atoms with Gasteiger partial charge in [0.1, 0.15) is 5.76 Å². The fourth-order valence-electron chi connectivity index (χ4n) is 4.02. The summed E-state index contributed by atoms with van der Waals surface area (Å²) in [5.74, 6) is 3.74. The van der Waals surface area contributed by atoms with Gasteiger partial charge in [-0.3, -0.25) is 0 Å². The lowest BCUT2D eigenvalue weighted by atomic mass is 9.67. The van der Waals surface area contributed by atoms with Crippen molar-refractivity contribution in [3.05, 3.63) is 17.8 Å². The molecule has 100 valence electrons. The molecule has 3 rings (SSSR count). The largest absolute Gasteiger partial charge is 0.448 e. The first-order valence-electron chi connectivity index (χ1n) is 7.45. The molecule has 0 bridgehead atoms. The van der Waals surface area contributed by atoms with E-state index in [1.165, 1.54) is 44.9 Å². The zero-order chi connectivity index (χ0) is 12.4. The Balaban J connectivity index is 1.71. The minimum Gasteiger partial charge on any atom is -0.448 e. The van der Waals surface area contributed by atoms with E-state index in [1.54, 1.807) is 6.39 Å². The number of fused-ring (bicyclic) bond motifs is 1. The Morgan fingerprint density at radius 2 is 2.06 bits per heavy atom. The Bertz CT molecular complexity index is 388. The fourth-order valence-corrected chi connectivity index (χ4v) is 4.02. The summed E-state index contributed by atoms with van der Waals surface area (Å²) in [5, 5.41) is 3.18. The van der Waals surface area contributed by atoms with Crippen molar-refractivity contribution in [2.24, 2.45) is 11.8 Å². The zero-order valence-electron chi connectivity index (χ0n) is 11.3. The third-order valence-electron chi connectivity index (χ3n) is 4.93. The summed E-state index contributed by atoms with van der Waals surface area (Å²) in [6, 6.07) is 0. The van der Waals surface area contributed by atoms with Crippen LogP contribution < -0.4 is 5.32 Å². The molecule has 1 aromatic heterocycles. The number of nitrogens with zero attached hydrogens (tertiary/aromatic N) is 1. The predicted molar refractivity (Wildman–Crippen MR) is 71.3 cm³/mol.